The maximum atomic E-state index is 13.7. The van der Waals surface area contributed by atoms with E-state index in [-0.39, 0.29) is 50.1 Å². The molecule has 2 heterocycles. The highest BCUT2D eigenvalue weighted by Gasteiger charge is 2.41. The first-order chi connectivity index (χ1) is 21.6. The molecule has 2 aliphatic rings. The number of nitrogens with one attached hydrogen (secondary N) is 3. The first-order valence-corrected chi connectivity index (χ1v) is 16.5. The number of benzene rings is 2. The summed E-state index contributed by atoms with van der Waals surface area (Å²) in [6.07, 6.45) is -0.490. The summed E-state index contributed by atoms with van der Waals surface area (Å²) >= 11 is 13.3. The summed E-state index contributed by atoms with van der Waals surface area (Å²) in [6.45, 7) is 7.32. The van der Waals surface area contributed by atoms with Crippen LogP contribution >= 0.6 is 23.2 Å². The van der Waals surface area contributed by atoms with Gasteiger partial charge >= 0.3 is 6.18 Å². The third-order valence-corrected chi connectivity index (χ3v) is 9.74. The van der Waals surface area contributed by atoms with E-state index < -0.39 is 17.5 Å². The van der Waals surface area contributed by atoms with Crippen LogP contribution in [0.5, 0.6) is 0 Å². The molecule has 2 aromatic carbocycles. The zero-order chi connectivity index (χ0) is 33.4. The third-order valence-electron chi connectivity index (χ3n) is 8.99. The second kappa shape index (κ2) is 13.5. The molecule has 0 radical (unpaired) electrons. The lowest BCUT2D eigenvalue weighted by atomic mass is 9.85. The maximum absolute atomic E-state index is 13.7. The van der Waals surface area contributed by atoms with Crippen molar-refractivity contribution in [3.63, 3.8) is 0 Å². The molecule has 13 heteroatoms. The Morgan fingerprint density at radius 1 is 1.00 bits per heavy atom. The van der Waals surface area contributed by atoms with E-state index in [9.17, 15) is 22.8 Å². The average molecular weight is 682 g/mol. The minimum absolute atomic E-state index is 0.0109. The van der Waals surface area contributed by atoms with E-state index in [4.69, 9.17) is 28.2 Å². The number of anilines is 3. The smallest absolute Gasteiger partial charge is 0.371 e. The van der Waals surface area contributed by atoms with E-state index >= 15 is 0 Å². The minimum Gasteiger partial charge on any atom is -0.371 e. The van der Waals surface area contributed by atoms with Crippen LogP contribution in [-0.2, 0) is 18.4 Å². The fraction of sp³-hybridized carbons (Fsp3) is 0.545. The SMILES string of the molecule is Cn1c(Nc2c(Cl)ccc(CNC(=O)C(C)(C)C)c2Cl)nc2cc(C(=O)NC3CCC(C(F)(F)F)CC3)c(N3CCCCC3)cc21. The number of hydrogen-bond acceptors (Lipinski definition) is 5. The molecule has 1 aromatic heterocycles. The average Bonchev–Trinajstić information content (AvgIpc) is 3.31. The van der Waals surface area contributed by atoms with Crippen LogP contribution in [0.4, 0.5) is 30.5 Å². The normalized spacial score (nSPS) is 19.3. The molecule has 0 unspecified atom stereocenters. The van der Waals surface area contributed by atoms with Crippen LogP contribution in [0.1, 0.15) is 81.6 Å². The van der Waals surface area contributed by atoms with Gasteiger partial charge in [0.25, 0.3) is 5.91 Å². The van der Waals surface area contributed by atoms with E-state index in [1.807, 2.05) is 38.5 Å². The maximum Gasteiger partial charge on any atom is 0.391 e. The van der Waals surface area contributed by atoms with E-state index in [1.54, 1.807) is 18.2 Å². The van der Waals surface area contributed by atoms with Crippen LogP contribution < -0.4 is 20.9 Å². The lowest BCUT2D eigenvalue weighted by Crippen LogP contribution is -2.41. The van der Waals surface area contributed by atoms with Crippen molar-refractivity contribution in [1.82, 2.24) is 20.2 Å². The topological polar surface area (TPSA) is 91.3 Å². The Labute approximate surface area is 277 Å². The molecule has 0 bridgehead atoms. The lowest BCUT2D eigenvalue weighted by molar-refractivity contribution is -0.182. The minimum atomic E-state index is -4.20. The van der Waals surface area contributed by atoms with Crippen molar-refractivity contribution in [3.8, 4) is 0 Å². The number of carbonyl (C=O) groups excluding carboxylic acids is 2. The fourth-order valence-electron chi connectivity index (χ4n) is 6.14. The lowest BCUT2D eigenvalue weighted by Gasteiger charge is -2.32. The zero-order valence-electron chi connectivity index (χ0n) is 26.6. The summed E-state index contributed by atoms with van der Waals surface area (Å²) < 4.78 is 41.5. The quantitative estimate of drug-likeness (QED) is 0.234. The molecule has 0 spiro atoms. The van der Waals surface area contributed by atoms with Gasteiger partial charge in [-0.3, -0.25) is 9.59 Å². The summed E-state index contributed by atoms with van der Waals surface area (Å²) in [7, 11) is 1.85. The summed E-state index contributed by atoms with van der Waals surface area (Å²) in [5.41, 5.74) is 3.14. The number of imidazole rings is 1. The Bertz CT molecular complexity index is 1600. The number of nitrogens with zero attached hydrogens (tertiary/aromatic N) is 3. The molecule has 1 saturated heterocycles. The van der Waals surface area contributed by atoms with Gasteiger partial charge in [0.15, 0.2) is 0 Å². The Balaban J connectivity index is 1.43. The van der Waals surface area contributed by atoms with E-state index in [2.05, 4.69) is 20.9 Å². The molecule has 5 rings (SSSR count). The monoisotopic (exact) mass is 680 g/mol. The fourth-order valence-corrected chi connectivity index (χ4v) is 6.68. The predicted molar refractivity (Wildman–Crippen MR) is 177 cm³/mol. The number of aromatic nitrogens is 2. The van der Waals surface area contributed by atoms with Crippen molar-refractivity contribution < 1.29 is 22.8 Å². The summed E-state index contributed by atoms with van der Waals surface area (Å²) in [6, 6.07) is 6.86. The van der Waals surface area contributed by atoms with Crippen LogP contribution in [0.3, 0.4) is 0 Å². The molecular weight excluding hydrogens is 640 g/mol. The first-order valence-electron chi connectivity index (χ1n) is 15.8. The highest BCUT2D eigenvalue weighted by molar-refractivity contribution is 6.39. The van der Waals surface area contributed by atoms with Gasteiger partial charge in [-0.1, -0.05) is 50.0 Å². The van der Waals surface area contributed by atoms with Gasteiger partial charge in [-0.2, -0.15) is 13.2 Å². The molecule has 1 saturated carbocycles. The third kappa shape index (κ3) is 7.51. The molecular formula is C33H41Cl2F3N6O2. The van der Waals surface area contributed by atoms with E-state index in [0.717, 1.165) is 43.6 Å². The molecule has 1 aliphatic carbocycles. The van der Waals surface area contributed by atoms with E-state index in [1.165, 1.54) is 0 Å². The van der Waals surface area contributed by atoms with Crippen LogP contribution in [0.15, 0.2) is 24.3 Å². The number of carbonyl (C=O) groups is 2. The molecule has 3 N–H and O–H groups in total. The number of rotatable bonds is 7. The van der Waals surface area contributed by atoms with Gasteiger partial charge in [0.2, 0.25) is 11.9 Å². The van der Waals surface area contributed by atoms with Crippen LogP contribution in [-0.4, -0.2) is 46.7 Å². The highest BCUT2D eigenvalue weighted by Crippen LogP contribution is 2.39. The van der Waals surface area contributed by atoms with Gasteiger partial charge < -0.3 is 25.4 Å². The molecule has 250 valence electrons. The molecule has 1 aliphatic heterocycles. The Hall–Kier alpha value is -3.18. The Morgan fingerprint density at radius 3 is 2.30 bits per heavy atom. The van der Waals surface area contributed by atoms with Gasteiger partial charge in [-0.25, -0.2) is 4.98 Å². The predicted octanol–water partition coefficient (Wildman–Crippen LogP) is 8.13. The van der Waals surface area contributed by atoms with Gasteiger partial charge in [0.1, 0.15) is 0 Å². The number of piperidine rings is 1. The van der Waals surface area contributed by atoms with Gasteiger partial charge in [-0.05, 0) is 68.7 Å². The summed E-state index contributed by atoms with van der Waals surface area (Å²) in [5, 5.41) is 9.90. The molecule has 0 atom stereocenters. The molecule has 2 amide bonds. The van der Waals surface area contributed by atoms with Crippen LogP contribution in [0, 0.1) is 11.3 Å². The molecule has 46 heavy (non-hydrogen) atoms. The van der Waals surface area contributed by atoms with Gasteiger partial charge in [0.05, 0.1) is 43.9 Å². The Morgan fingerprint density at radius 2 is 1.67 bits per heavy atom. The number of aryl methyl sites for hydroxylation is 1. The standard InChI is InChI=1S/C33H41Cl2F3N6O2/c1-32(2,3)30(46)39-18-19-8-13-23(34)28(27(19)35)42-31-41-24-16-22(25(17-26(24)43(31)4)44-14-6-5-7-15-44)29(45)40-21-11-9-20(10-12-21)33(36,37)38/h8,13,16-17,20-21H,5-7,9-12,14-15,18H2,1-4H3,(H,39,46)(H,40,45)(H,41,42). The number of fused-ring (bicyclic) bond motifs is 1. The highest BCUT2D eigenvalue weighted by atomic mass is 35.5. The summed E-state index contributed by atoms with van der Waals surface area (Å²) in [5.74, 6) is -1.29. The molecule has 3 aromatic rings. The first kappa shape index (κ1) is 34.2. The van der Waals surface area contributed by atoms with Gasteiger partial charge in [0, 0.05) is 38.1 Å². The largest absolute Gasteiger partial charge is 0.391 e. The molecule has 8 nitrogen and oxygen atoms in total. The van der Waals surface area contributed by atoms with Crippen molar-refractivity contribution in [2.24, 2.45) is 18.4 Å². The molecule has 2 fully saturated rings. The number of halogens is 5. The second-order valence-corrected chi connectivity index (χ2v) is 14.2. The summed E-state index contributed by atoms with van der Waals surface area (Å²) in [4.78, 5) is 33.1. The van der Waals surface area contributed by atoms with Crippen molar-refractivity contribution in [2.45, 2.75) is 84.5 Å². The van der Waals surface area contributed by atoms with Crippen LogP contribution in [0.2, 0.25) is 10.0 Å². The number of amides is 2. The van der Waals surface area contributed by atoms with Crippen molar-refractivity contribution in [2.75, 3.05) is 23.3 Å². The van der Waals surface area contributed by atoms with Crippen LogP contribution in [0.25, 0.3) is 11.0 Å². The number of alkyl halides is 3. The van der Waals surface area contributed by atoms with E-state index in [0.29, 0.717) is 38.3 Å². The van der Waals surface area contributed by atoms with Crippen molar-refractivity contribution >= 4 is 63.4 Å². The number of hydrogen-bond donors (Lipinski definition) is 3. The van der Waals surface area contributed by atoms with Crippen molar-refractivity contribution in [3.05, 3.63) is 45.4 Å². The van der Waals surface area contributed by atoms with Crippen molar-refractivity contribution in [1.29, 1.82) is 0 Å². The zero-order valence-corrected chi connectivity index (χ0v) is 28.1. The second-order valence-electron chi connectivity index (χ2n) is 13.4. The Kier molecular flexibility index (Phi) is 10.0. The van der Waals surface area contributed by atoms with Gasteiger partial charge in [-0.15, -0.1) is 0 Å².